The Bertz CT molecular complexity index is 703. The van der Waals surface area contributed by atoms with Crippen LogP contribution in [0.3, 0.4) is 0 Å². The Morgan fingerprint density at radius 2 is 2.09 bits per heavy atom. The number of nitro benzene ring substituents is 1. The van der Waals surface area contributed by atoms with Gasteiger partial charge in [0.2, 0.25) is 0 Å². The maximum absolute atomic E-state index is 11.3. The summed E-state index contributed by atoms with van der Waals surface area (Å²) in [6.45, 7) is 0. The fourth-order valence-corrected chi connectivity index (χ4v) is 1.99. The van der Waals surface area contributed by atoms with Crippen molar-refractivity contribution < 1.29 is 14.5 Å². The van der Waals surface area contributed by atoms with E-state index in [-0.39, 0.29) is 12.1 Å². The molecule has 114 valence electrons. The van der Waals surface area contributed by atoms with Gasteiger partial charge in [-0.1, -0.05) is 18.2 Å². The van der Waals surface area contributed by atoms with Gasteiger partial charge in [-0.15, -0.1) is 0 Å². The van der Waals surface area contributed by atoms with E-state index >= 15 is 0 Å². The second-order valence-electron chi connectivity index (χ2n) is 4.66. The van der Waals surface area contributed by atoms with Gasteiger partial charge in [-0.3, -0.25) is 19.9 Å². The van der Waals surface area contributed by atoms with Crippen molar-refractivity contribution in [3.05, 3.63) is 58.3 Å². The number of nitrogens with zero attached hydrogens (tertiary/aromatic N) is 2. The molecule has 0 fully saturated rings. The van der Waals surface area contributed by atoms with Gasteiger partial charge in [-0.25, -0.2) is 0 Å². The molecule has 1 atom stereocenters. The highest BCUT2D eigenvalue weighted by atomic mass is 16.6. The normalized spacial score (nSPS) is 11.7. The van der Waals surface area contributed by atoms with Crippen molar-refractivity contribution in [1.82, 2.24) is 4.98 Å². The minimum atomic E-state index is -0.794. The zero-order valence-corrected chi connectivity index (χ0v) is 11.9. The highest BCUT2D eigenvalue weighted by Gasteiger charge is 2.15. The number of esters is 1. The number of aromatic nitrogens is 1. The van der Waals surface area contributed by atoms with Crippen LogP contribution in [-0.2, 0) is 16.0 Å². The fraction of sp³-hybridized carbons (Fsp3) is 0.200. The molecular formula is C15H15N3O4. The van der Waals surface area contributed by atoms with Gasteiger partial charge in [0.25, 0.3) is 5.69 Å². The van der Waals surface area contributed by atoms with Gasteiger partial charge in [0, 0.05) is 29.8 Å². The van der Waals surface area contributed by atoms with Crippen LogP contribution in [0.15, 0.2) is 42.5 Å². The van der Waals surface area contributed by atoms with E-state index in [2.05, 4.69) is 9.72 Å². The molecule has 0 bridgehead atoms. The SMILES string of the molecule is COC(=O)C(N)Cc1cccc(-c2cccc([N+](=O)[O-])c2)n1. The third-order valence-electron chi connectivity index (χ3n) is 3.09. The van der Waals surface area contributed by atoms with Crippen molar-refractivity contribution in [3.8, 4) is 11.3 Å². The lowest BCUT2D eigenvalue weighted by Gasteiger charge is -2.09. The lowest BCUT2D eigenvalue weighted by Crippen LogP contribution is -2.33. The molecule has 1 aromatic heterocycles. The molecule has 2 N–H and O–H groups in total. The number of hydrogen-bond donors (Lipinski definition) is 1. The molecule has 1 unspecified atom stereocenters. The quantitative estimate of drug-likeness (QED) is 0.511. The first kappa shape index (κ1) is 15.6. The zero-order chi connectivity index (χ0) is 16.1. The first-order valence-electron chi connectivity index (χ1n) is 6.55. The molecule has 0 aliphatic carbocycles. The number of nitro groups is 1. The van der Waals surface area contributed by atoms with E-state index in [1.54, 1.807) is 30.3 Å². The number of nitrogens with two attached hydrogens (primary N) is 1. The van der Waals surface area contributed by atoms with Crippen molar-refractivity contribution in [2.24, 2.45) is 5.73 Å². The number of non-ortho nitro benzene ring substituents is 1. The number of carbonyl (C=O) groups is 1. The van der Waals surface area contributed by atoms with Gasteiger partial charge in [-0.2, -0.15) is 0 Å². The summed E-state index contributed by atoms with van der Waals surface area (Å²) in [7, 11) is 1.27. The molecule has 7 heteroatoms. The van der Waals surface area contributed by atoms with Crippen molar-refractivity contribution in [3.63, 3.8) is 0 Å². The molecule has 0 aliphatic heterocycles. The van der Waals surface area contributed by atoms with Crippen molar-refractivity contribution in [2.45, 2.75) is 12.5 Å². The van der Waals surface area contributed by atoms with Gasteiger partial charge in [0.1, 0.15) is 6.04 Å². The number of pyridine rings is 1. The number of ether oxygens (including phenoxy) is 1. The molecule has 2 aromatic rings. The summed E-state index contributed by atoms with van der Waals surface area (Å²) in [6.07, 6.45) is 0.232. The van der Waals surface area contributed by atoms with E-state index < -0.39 is 16.9 Å². The van der Waals surface area contributed by atoms with Gasteiger partial charge in [-0.05, 0) is 12.1 Å². The molecule has 0 saturated carbocycles. The highest BCUT2D eigenvalue weighted by Crippen LogP contribution is 2.22. The monoisotopic (exact) mass is 301 g/mol. The Morgan fingerprint density at radius 3 is 2.77 bits per heavy atom. The summed E-state index contributed by atoms with van der Waals surface area (Å²) in [5.74, 6) is -0.512. The number of carbonyl (C=O) groups excluding carboxylic acids is 1. The number of rotatable bonds is 5. The van der Waals surface area contributed by atoms with E-state index in [1.807, 2.05) is 0 Å². The van der Waals surface area contributed by atoms with Crippen LogP contribution in [0.4, 0.5) is 5.69 Å². The second-order valence-corrected chi connectivity index (χ2v) is 4.66. The van der Waals surface area contributed by atoms with Crippen LogP contribution < -0.4 is 5.73 Å². The molecule has 1 heterocycles. The van der Waals surface area contributed by atoms with E-state index in [4.69, 9.17) is 5.73 Å². The summed E-state index contributed by atoms with van der Waals surface area (Å²) in [4.78, 5) is 26.1. The predicted octanol–water partition coefficient (Wildman–Crippen LogP) is 1.70. The Kier molecular flexibility index (Phi) is 4.80. The third kappa shape index (κ3) is 3.64. The molecule has 1 aromatic carbocycles. The van der Waals surface area contributed by atoms with Gasteiger partial charge in [0.15, 0.2) is 0 Å². The van der Waals surface area contributed by atoms with Crippen LogP contribution in [-0.4, -0.2) is 29.0 Å². The summed E-state index contributed by atoms with van der Waals surface area (Å²) < 4.78 is 4.57. The molecule has 2 rings (SSSR count). The van der Waals surface area contributed by atoms with Crippen LogP contribution in [0.2, 0.25) is 0 Å². The van der Waals surface area contributed by atoms with Crippen molar-refractivity contribution in [2.75, 3.05) is 7.11 Å². The lowest BCUT2D eigenvalue weighted by molar-refractivity contribution is -0.384. The molecule has 7 nitrogen and oxygen atoms in total. The van der Waals surface area contributed by atoms with E-state index in [9.17, 15) is 14.9 Å². The first-order chi connectivity index (χ1) is 10.5. The van der Waals surface area contributed by atoms with Crippen LogP contribution >= 0.6 is 0 Å². The van der Waals surface area contributed by atoms with Gasteiger partial charge >= 0.3 is 5.97 Å². The standard InChI is InChI=1S/C15H15N3O4/c1-22-15(19)13(16)9-11-5-3-7-14(17-11)10-4-2-6-12(8-10)18(20)21/h2-8,13H,9,16H2,1H3. The Hall–Kier alpha value is -2.80. The molecule has 0 saturated heterocycles. The van der Waals surface area contributed by atoms with Crippen molar-refractivity contribution in [1.29, 1.82) is 0 Å². The minimum Gasteiger partial charge on any atom is -0.468 e. The maximum atomic E-state index is 11.3. The third-order valence-corrected chi connectivity index (χ3v) is 3.09. The maximum Gasteiger partial charge on any atom is 0.323 e. The molecule has 0 aliphatic rings. The average molecular weight is 301 g/mol. The van der Waals surface area contributed by atoms with Crippen molar-refractivity contribution >= 4 is 11.7 Å². The van der Waals surface area contributed by atoms with Gasteiger partial charge in [0.05, 0.1) is 17.7 Å². The molecule has 22 heavy (non-hydrogen) atoms. The predicted molar refractivity (Wildman–Crippen MR) is 80.0 cm³/mol. The lowest BCUT2D eigenvalue weighted by atomic mass is 10.1. The van der Waals surface area contributed by atoms with Gasteiger partial charge < -0.3 is 10.5 Å². The second kappa shape index (κ2) is 6.77. The summed E-state index contributed by atoms with van der Waals surface area (Å²) in [5.41, 5.74) is 7.53. The van der Waals surface area contributed by atoms with Crippen LogP contribution in [0, 0.1) is 10.1 Å². The Morgan fingerprint density at radius 1 is 1.36 bits per heavy atom. The molecule has 0 radical (unpaired) electrons. The smallest absolute Gasteiger partial charge is 0.323 e. The summed E-state index contributed by atoms with van der Waals surface area (Å²) >= 11 is 0. The summed E-state index contributed by atoms with van der Waals surface area (Å²) in [5, 5.41) is 10.8. The molecule has 0 amide bonds. The van der Waals surface area contributed by atoms with Crippen LogP contribution in [0.25, 0.3) is 11.3 Å². The largest absolute Gasteiger partial charge is 0.468 e. The number of benzene rings is 1. The summed E-state index contributed by atoms with van der Waals surface area (Å²) in [6, 6.07) is 10.7. The number of hydrogen-bond acceptors (Lipinski definition) is 6. The Labute approximate surface area is 126 Å². The minimum absolute atomic E-state index is 0.00374. The average Bonchev–Trinajstić information content (AvgIpc) is 2.54. The fourth-order valence-electron chi connectivity index (χ4n) is 1.99. The number of methoxy groups -OCH3 is 1. The van der Waals surface area contributed by atoms with Crippen LogP contribution in [0.5, 0.6) is 0 Å². The Balaban J connectivity index is 2.26. The topological polar surface area (TPSA) is 108 Å². The molecular weight excluding hydrogens is 286 g/mol. The van der Waals surface area contributed by atoms with Crippen LogP contribution in [0.1, 0.15) is 5.69 Å². The highest BCUT2D eigenvalue weighted by molar-refractivity contribution is 5.75. The van der Waals surface area contributed by atoms with E-state index in [1.165, 1.54) is 19.2 Å². The van der Waals surface area contributed by atoms with E-state index in [0.717, 1.165) is 0 Å². The molecule has 0 spiro atoms. The van der Waals surface area contributed by atoms with E-state index in [0.29, 0.717) is 17.0 Å². The zero-order valence-electron chi connectivity index (χ0n) is 11.9. The first-order valence-corrected chi connectivity index (χ1v) is 6.55.